The van der Waals surface area contributed by atoms with Crippen LogP contribution in [0.15, 0.2) is 53.5 Å². The van der Waals surface area contributed by atoms with Gasteiger partial charge in [0.1, 0.15) is 11.3 Å². The molecule has 0 aliphatic carbocycles. The van der Waals surface area contributed by atoms with E-state index in [2.05, 4.69) is 30.8 Å². The average molecular weight is 392 g/mol. The van der Waals surface area contributed by atoms with Crippen LogP contribution >= 0.6 is 0 Å². The van der Waals surface area contributed by atoms with Crippen LogP contribution in [0, 0.1) is 0 Å². The average Bonchev–Trinajstić information content (AvgIpc) is 2.75. The number of benzene rings is 1. The molecule has 8 nitrogen and oxygen atoms in total. The third-order valence-electron chi connectivity index (χ3n) is 4.43. The fourth-order valence-corrected chi connectivity index (χ4v) is 2.77. The van der Waals surface area contributed by atoms with Crippen molar-refractivity contribution in [1.29, 1.82) is 0 Å². The summed E-state index contributed by atoms with van der Waals surface area (Å²) in [6, 6.07) is 13.1. The zero-order valence-electron chi connectivity index (χ0n) is 16.5. The molecule has 0 radical (unpaired) electrons. The van der Waals surface area contributed by atoms with E-state index in [9.17, 15) is 9.59 Å². The van der Waals surface area contributed by atoms with E-state index in [4.69, 9.17) is 0 Å². The van der Waals surface area contributed by atoms with Gasteiger partial charge < -0.3 is 10.6 Å². The first-order valence-corrected chi connectivity index (χ1v) is 9.61. The van der Waals surface area contributed by atoms with E-state index in [1.807, 2.05) is 44.2 Å². The largest absolute Gasteiger partial charge is 0.352 e. The highest BCUT2D eigenvalue weighted by atomic mass is 16.2. The topological polar surface area (TPSA) is 113 Å². The standard InChI is InChI=1S/C21H24N6O2/c1-3-4-11-22-19(28)16-13-18(26-27-20(16)29)17-10-12-23-21(25-17)24-14(2)15-8-6-5-7-9-15/h5-10,12-14H,3-4,11H2,1-2H3,(H,22,28)(H,27,29)(H,23,24,25). The van der Waals surface area contributed by atoms with E-state index in [0.29, 0.717) is 23.9 Å². The monoisotopic (exact) mass is 392 g/mol. The highest BCUT2D eigenvalue weighted by molar-refractivity contribution is 5.94. The van der Waals surface area contributed by atoms with Crippen molar-refractivity contribution in [3.8, 4) is 11.4 Å². The normalized spacial score (nSPS) is 11.7. The van der Waals surface area contributed by atoms with Gasteiger partial charge in [-0.15, -0.1) is 0 Å². The highest BCUT2D eigenvalue weighted by Gasteiger charge is 2.14. The van der Waals surface area contributed by atoms with E-state index in [-0.39, 0.29) is 11.6 Å². The minimum absolute atomic E-state index is 0.00916. The molecule has 3 aromatic rings. The number of carbonyl (C=O) groups excluding carboxylic acids is 1. The predicted octanol–water partition coefficient (Wildman–Crippen LogP) is 2.93. The van der Waals surface area contributed by atoms with Gasteiger partial charge in [0.05, 0.1) is 11.7 Å². The summed E-state index contributed by atoms with van der Waals surface area (Å²) in [5.41, 5.74) is 1.48. The van der Waals surface area contributed by atoms with Crippen LogP contribution in [0.1, 0.15) is 48.7 Å². The second kappa shape index (κ2) is 9.59. The number of rotatable bonds is 8. The summed E-state index contributed by atoms with van der Waals surface area (Å²) in [7, 11) is 0. The molecule has 3 rings (SSSR count). The molecule has 3 N–H and O–H groups in total. The van der Waals surface area contributed by atoms with E-state index < -0.39 is 11.5 Å². The molecule has 29 heavy (non-hydrogen) atoms. The summed E-state index contributed by atoms with van der Waals surface area (Å²) in [6.07, 6.45) is 3.41. The van der Waals surface area contributed by atoms with E-state index in [0.717, 1.165) is 18.4 Å². The summed E-state index contributed by atoms with van der Waals surface area (Å²) >= 11 is 0. The Kier molecular flexibility index (Phi) is 6.67. The number of amides is 1. The van der Waals surface area contributed by atoms with Gasteiger partial charge >= 0.3 is 0 Å². The van der Waals surface area contributed by atoms with Crippen LogP contribution in [0.4, 0.5) is 5.95 Å². The van der Waals surface area contributed by atoms with Gasteiger partial charge in [-0.3, -0.25) is 9.59 Å². The van der Waals surface area contributed by atoms with E-state index >= 15 is 0 Å². The van der Waals surface area contributed by atoms with Gasteiger partial charge in [-0.25, -0.2) is 15.1 Å². The SMILES string of the molecule is CCCCNC(=O)c1cc(-c2ccnc(NC(C)c3ccccc3)n2)n[nH]c1=O. The number of aromatic amines is 1. The molecule has 0 bridgehead atoms. The Morgan fingerprint density at radius 2 is 1.97 bits per heavy atom. The van der Waals surface area contributed by atoms with Crippen molar-refractivity contribution in [3.63, 3.8) is 0 Å². The molecular formula is C21H24N6O2. The fourth-order valence-electron chi connectivity index (χ4n) is 2.77. The Balaban J connectivity index is 1.80. The third-order valence-corrected chi connectivity index (χ3v) is 4.43. The number of hydrogen-bond donors (Lipinski definition) is 3. The molecule has 8 heteroatoms. The Morgan fingerprint density at radius 3 is 2.72 bits per heavy atom. The third kappa shape index (κ3) is 5.25. The Hall–Kier alpha value is -3.55. The van der Waals surface area contributed by atoms with Crippen LogP contribution in [0.2, 0.25) is 0 Å². The van der Waals surface area contributed by atoms with Crippen molar-refractivity contribution in [1.82, 2.24) is 25.5 Å². The lowest BCUT2D eigenvalue weighted by molar-refractivity contribution is 0.0951. The Bertz CT molecular complexity index is 1020. The van der Waals surface area contributed by atoms with Crippen LogP contribution < -0.4 is 16.2 Å². The summed E-state index contributed by atoms with van der Waals surface area (Å²) in [6.45, 7) is 4.57. The van der Waals surface area contributed by atoms with Crippen molar-refractivity contribution >= 4 is 11.9 Å². The van der Waals surface area contributed by atoms with Gasteiger partial charge in [0.15, 0.2) is 0 Å². The zero-order chi connectivity index (χ0) is 20.6. The molecular weight excluding hydrogens is 368 g/mol. The maximum Gasteiger partial charge on any atom is 0.277 e. The van der Waals surface area contributed by atoms with Crippen LogP contribution in [-0.2, 0) is 0 Å². The number of unbranched alkanes of at least 4 members (excludes halogenated alkanes) is 1. The lowest BCUT2D eigenvalue weighted by atomic mass is 10.1. The molecule has 2 heterocycles. The second-order valence-corrected chi connectivity index (χ2v) is 6.65. The van der Waals surface area contributed by atoms with Crippen molar-refractivity contribution in [2.75, 3.05) is 11.9 Å². The van der Waals surface area contributed by atoms with Gasteiger partial charge in [-0.05, 0) is 31.0 Å². The maximum atomic E-state index is 12.3. The van der Waals surface area contributed by atoms with Crippen LogP contribution in [-0.4, -0.2) is 32.6 Å². The lowest BCUT2D eigenvalue weighted by Gasteiger charge is -2.14. The summed E-state index contributed by atoms with van der Waals surface area (Å²) in [4.78, 5) is 33.0. The number of hydrogen-bond acceptors (Lipinski definition) is 6. The van der Waals surface area contributed by atoms with Crippen LogP contribution in [0.5, 0.6) is 0 Å². The molecule has 2 aromatic heterocycles. The molecule has 0 fully saturated rings. The minimum Gasteiger partial charge on any atom is -0.352 e. The summed E-state index contributed by atoms with van der Waals surface area (Å²) < 4.78 is 0. The van der Waals surface area contributed by atoms with Gasteiger partial charge in [0.2, 0.25) is 5.95 Å². The molecule has 0 saturated heterocycles. The minimum atomic E-state index is -0.534. The van der Waals surface area contributed by atoms with E-state index in [1.165, 1.54) is 6.07 Å². The lowest BCUT2D eigenvalue weighted by Crippen LogP contribution is -2.30. The maximum absolute atomic E-state index is 12.3. The molecule has 0 spiro atoms. The number of aromatic nitrogens is 4. The smallest absolute Gasteiger partial charge is 0.277 e. The molecule has 1 atom stereocenters. The quantitative estimate of drug-likeness (QED) is 0.508. The molecule has 0 aliphatic heterocycles. The van der Waals surface area contributed by atoms with Crippen molar-refractivity contribution < 1.29 is 4.79 Å². The first-order chi connectivity index (χ1) is 14.1. The molecule has 150 valence electrons. The van der Waals surface area contributed by atoms with Crippen molar-refractivity contribution in [3.05, 3.63) is 70.1 Å². The molecule has 0 aliphatic rings. The molecule has 1 amide bonds. The zero-order valence-corrected chi connectivity index (χ0v) is 16.5. The number of nitrogens with one attached hydrogen (secondary N) is 3. The molecule has 1 unspecified atom stereocenters. The van der Waals surface area contributed by atoms with Gasteiger partial charge in [0, 0.05) is 12.7 Å². The Labute approximate surface area is 168 Å². The first kappa shape index (κ1) is 20.2. The highest BCUT2D eigenvalue weighted by Crippen LogP contribution is 2.19. The fraction of sp³-hybridized carbons (Fsp3) is 0.286. The van der Waals surface area contributed by atoms with E-state index in [1.54, 1.807) is 12.3 Å². The summed E-state index contributed by atoms with van der Waals surface area (Å²) in [5, 5.41) is 12.4. The predicted molar refractivity (Wildman–Crippen MR) is 112 cm³/mol. The van der Waals surface area contributed by atoms with Gasteiger partial charge in [-0.1, -0.05) is 43.7 Å². The summed E-state index contributed by atoms with van der Waals surface area (Å²) in [5.74, 6) is 0.00857. The van der Waals surface area contributed by atoms with Crippen molar-refractivity contribution in [2.24, 2.45) is 0 Å². The number of H-pyrrole nitrogens is 1. The number of carbonyl (C=O) groups is 1. The number of nitrogens with zero attached hydrogens (tertiary/aromatic N) is 3. The first-order valence-electron chi connectivity index (χ1n) is 9.61. The molecule has 0 saturated carbocycles. The van der Waals surface area contributed by atoms with Crippen molar-refractivity contribution in [2.45, 2.75) is 32.7 Å². The molecule has 1 aromatic carbocycles. The number of anilines is 1. The van der Waals surface area contributed by atoms with Gasteiger partial charge in [-0.2, -0.15) is 5.10 Å². The Morgan fingerprint density at radius 1 is 1.17 bits per heavy atom. The van der Waals surface area contributed by atoms with Crippen LogP contribution in [0.25, 0.3) is 11.4 Å². The van der Waals surface area contributed by atoms with Crippen LogP contribution in [0.3, 0.4) is 0 Å². The van der Waals surface area contributed by atoms with Gasteiger partial charge in [0.25, 0.3) is 11.5 Å². The second-order valence-electron chi connectivity index (χ2n) is 6.65.